The lowest BCUT2D eigenvalue weighted by Gasteiger charge is -2.37. The van der Waals surface area contributed by atoms with E-state index in [1.165, 1.54) is 9.91 Å². The summed E-state index contributed by atoms with van der Waals surface area (Å²) in [5.74, 6) is -0.875. The Hall–Kier alpha value is -2.46. The molecule has 11 heteroatoms. The van der Waals surface area contributed by atoms with Crippen LogP contribution in [0.2, 0.25) is 5.02 Å². The van der Waals surface area contributed by atoms with Crippen LogP contribution in [0.3, 0.4) is 0 Å². The van der Waals surface area contributed by atoms with E-state index in [1.807, 2.05) is 6.92 Å². The van der Waals surface area contributed by atoms with Gasteiger partial charge in [0.1, 0.15) is 12.2 Å². The summed E-state index contributed by atoms with van der Waals surface area (Å²) in [4.78, 5) is 26.2. The molecule has 0 unspecified atom stereocenters. The van der Waals surface area contributed by atoms with Gasteiger partial charge in [-0.1, -0.05) is 24.9 Å². The zero-order chi connectivity index (χ0) is 22.3. The fourth-order valence-corrected chi connectivity index (χ4v) is 4.20. The number of hydrogen-bond acceptors (Lipinski definition) is 5. The van der Waals surface area contributed by atoms with Crippen LogP contribution in [0.4, 0.5) is 18.0 Å². The van der Waals surface area contributed by atoms with Gasteiger partial charge in [0.05, 0.1) is 17.1 Å². The topological polar surface area (TPSA) is 66.2 Å². The quantitative estimate of drug-likeness (QED) is 0.686. The standard InChI is InChI=1S/C20H21ClF3N3O4/c1-2-3-12-10-13-15(21)17(31-16(13)14(11-12)20(22,23)24)18(28)25-4-6-26(7-5-25)27-8-9-30-19(27)29/h10-11H,2-9H2,1H3. The van der Waals surface area contributed by atoms with E-state index in [4.69, 9.17) is 20.8 Å². The minimum absolute atomic E-state index is 0.0849. The molecule has 0 spiro atoms. The molecule has 0 aliphatic carbocycles. The van der Waals surface area contributed by atoms with Gasteiger partial charge in [-0.3, -0.25) is 4.79 Å². The van der Waals surface area contributed by atoms with Gasteiger partial charge in [-0.15, -0.1) is 0 Å². The van der Waals surface area contributed by atoms with Crippen molar-refractivity contribution < 1.29 is 31.9 Å². The number of piperazine rings is 1. The Morgan fingerprint density at radius 2 is 1.87 bits per heavy atom. The number of carbonyl (C=O) groups is 2. The summed E-state index contributed by atoms with van der Waals surface area (Å²) in [7, 11) is 0. The van der Waals surface area contributed by atoms with Gasteiger partial charge >= 0.3 is 12.3 Å². The average molecular weight is 460 g/mol. The molecule has 3 heterocycles. The van der Waals surface area contributed by atoms with Crippen LogP contribution in [-0.2, 0) is 17.3 Å². The number of carbonyl (C=O) groups excluding carboxylic acids is 2. The van der Waals surface area contributed by atoms with Crippen molar-refractivity contribution >= 4 is 34.6 Å². The summed E-state index contributed by atoms with van der Waals surface area (Å²) in [6.45, 7) is 3.92. The Morgan fingerprint density at radius 3 is 2.45 bits per heavy atom. The fourth-order valence-electron chi connectivity index (χ4n) is 3.94. The highest BCUT2D eigenvalue weighted by Gasteiger charge is 2.38. The van der Waals surface area contributed by atoms with Gasteiger partial charge in [-0.05, 0) is 24.1 Å². The molecule has 0 radical (unpaired) electrons. The zero-order valence-electron chi connectivity index (χ0n) is 16.8. The summed E-state index contributed by atoms with van der Waals surface area (Å²) >= 11 is 6.33. The number of nitrogens with zero attached hydrogens (tertiary/aromatic N) is 3. The van der Waals surface area contributed by atoms with Crippen LogP contribution in [0.1, 0.15) is 35.0 Å². The highest BCUT2D eigenvalue weighted by atomic mass is 35.5. The number of amides is 2. The van der Waals surface area contributed by atoms with E-state index in [0.29, 0.717) is 44.6 Å². The number of aryl methyl sites for hydroxylation is 1. The van der Waals surface area contributed by atoms with E-state index >= 15 is 0 Å². The minimum Gasteiger partial charge on any atom is -0.449 e. The molecule has 168 valence electrons. The maximum absolute atomic E-state index is 13.6. The van der Waals surface area contributed by atoms with Crippen LogP contribution in [0.5, 0.6) is 0 Å². The Morgan fingerprint density at radius 1 is 1.16 bits per heavy atom. The summed E-state index contributed by atoms with van der Waals surface area (Å²) in [5, 5.41) is 3.25. The lowest BCUT2D eigenvalue weighted by Crippen LogP contribution is -2.55. The Balaban J connectivity index is 1.60. The third kappa shape index (κ3) is 4.06. The highest BCUT2D eigenvalue weighted by Crippen LogP contribution is 2.41. The first-order valence-electron chi connectivity index (χ1n) is 10.0. The molecule has 1 aromatic heterocycles. The smallest absolute Gasteiger partial charge is 0.424 e. The van der Waals surface area contributed by atoms with Crippen LogP contribution in [0.25, 0.3) is 11.0 Å². The number of benzene rings is 1. The van der Waals surface area contributed by atoms with Gasteiger partial charge in [0, 0.05) is 31.6 Å². The Bertz CT molecular complexity index is 1020. The molecule has 0 N–H and O–H groups in total. The molecular formula is C20H21ClF3N3O4. The number of ether oxygens (including phenoxy) is 1. The molecule has 1 aromatic carbocycles. The molecule has 0 bridgehead atoms. The first-order chi connectivity index (χ1) is 14.7. The van der Waals surface area contributed by atoms with E-state index in [-0.39, 0.29) is 29.3 Å². The number of rotatable bonds is 4. The molecule has 2 aliphatic heterocycles. The number of fused-ring (bicyclic) bond motifs is 1. The zero-order valence-corrected chi connectivity index (χ0v) is 17.6. The largest absolute Gasteiger partial charge is 0.449 e. The van der Waals surface area contributed by atoms with Gasteiger partial charge < -0.3 is 14.1 Å². The van der Waals surface area contributed by atoms with E-state index in [9.17, 15) is 22.8 Å². The molecule has 31 heavy (non-hydrogen) atoms. The Kier molecular flexibility index (Phi) is 5.78. The Labute approximate surface area is 181 Å². The van der Waals surface area contributed by atoms with E-state index in [0.717, 1.165) is 6.07 Å². The molecule has 2 aliphatic rings. The van der Waals surface area contributed by atoms with Crippen molar-refractivity contribution in [3.63, 3.8) is 0 Å². The number of halogens is 4. The van der Waals surface area contributed by atoms with Gasteiger partial charge in [0.15, 0.2) is 0 Å². The van der Waals surface area contributed by atoms with Crippen molar-refractivity contribution in [3.8, 4) is 0 Å². The molecule has 0 atom stereocenters. The predicted molar refractivity (Wildman–Crippen MR) is 106 cm³/mol. The first-order valence-corrected chi connectivity index (χ1v) is 10.4. The van der Waals surface area contributed by atoms with Gasteiger partial charge in [-0.2, -0.15) is 13.2 Å². The van der Waals surface area contributed by atoms with Crippen molar-refractivity contribution in [3.05, 3.63) is 34.0 Å². The maximum atomic E-state index is 13.6. The molecule has 2 saturated heterocycles. The number of furan rings is 1. The summed E-state index contributed by atoms with van der Waals surface area (Å²) < 4.78 is 51.2. The number of alkyl halides is 3. The molecule has 2 amide bonds. The molecule has 2 fully saturated rings. The third-order valence-corrected chi connectivity index (χ3v) is 5.83. The molecule has 7 nitrogen and oxygen atoms in total. The van der Waals surface area contributed by atoms with Crippen LogP contribution in [0.15, 0.2) is 16.5 Å². The fraction of sp³-hybridized carbons (Fsp3) is 0.500. The van der Waals surface area contributed by atoms with Crippen LogP contribution < -0.4 is 0 Å². The van der Waals surface area contributed by atoms with Crippen molar-refractivity contribution in [2.24, 2.45) is 0 Å². The lowest BCUT2D eigenvalue weighted by molar-refractivity contribution is -0.136. The monoisotopic (exact) mass is 459 g/mol. The number of cyclic esters (lactones) is 1. The van der Waals surface area contributed by atoms with E-state index in [2.05, 4.69) is 0 Å². The second-order valence-corrected chi connectivity index (χ2v) is 7.87. The van der Waals surface area contributed by atoms with Gasteiger partial charge in [0.2, 0.25) is 5.76 Å². The van der Waals surface area contributed by atoms with Gasteiger partial charge in [-0.25, -0.2) is 14.8 Å². The highest BCUT2D eigenvalue weighted by molar-refractivity contribution is 6.38. The van der Waals surface area contributed by atoms with Crippen molar-refractivity contribution in [1.29, 1.82) is 0 Å². The number of hydrazine groups is 1. The van der Waals surface area contributed by atoms with Crippen molar-refractivity contribution in [2.75, 3.05) is 39.3 Å². The van der Waals surface area contributed by atoms with Crippen LogP contribution >= 0.6 is 11.6 Å². The molecular weight excluding hydrogens is 439 g/mol. The molecule has 0 saturated carbocycles. The first kappa shape index (κ1) is 21.8. The summed E-state index contributed by atoms with van der Waals surface area (Å²) in [6, 6.07) is 2.60. The molecule has 4 rings (SSSR count). The van der Waals surface area contributed by atoms with Crippen LogP contribution in [0, 0.1) is 0 Å². The van der Waals surface area contributed by atoms with Gasteiger partial charge in [0.25, 0.3) is 5.91 Å². The average Bonchev–Trinajstić information content (AvgIpc) is 3.30. The summed E-state index contributed by atoms with van der Waals surface area (Å²) in [6.07, 6.45) is -3.95. The van der Waals surface area contributed by atoms with Crippen molar-refractivity contribution in [2.45, 2.75) is 25.9 Å². The minimum atomic E-state index is -4.64. The third-order valence-electron chi connectivity index (χ3n) is 5.45. The molecule has 2 aromatic rings. The van der Waals surface area contributed by atoms with E-state index < -0.39 is 29.3 Å². The maximum Gasteiger partial charge on any atom is 0.424 e. The second kappa shape index (κ2) is 8.23. The number of hydrogen-bond donors (Lipinski definition) is 0. The SMILES string of the molecule is CCCc1cc(C(F)(F)F)c2oc(C(=O)N3CCN(N4CCOC4=O)CC3)c(Cl)c2c1. The predicted octanol–water partition coefficient (Wildman–Crippen LogP) is 4.18. The second-order valence-electron chi connectivity index (χ2n) is 7.50. The van der Waals surface area contributed by atoms with Crippen LogP contribution in [-0.4, -0.2) is 66.2 Å². The normalized spacial score (nSPS) is 18.2. The summed E-state index contributed by atoms with van der Waals surface area (Å²) in [5.41, 5.74) is -0.888. The van der Waals surface area contributed by atoms with Crippen molar-refractivity contribution in [1.82, 2.24) is 14.9 Å². The van der Waals surface area contributed by atoms with E-state index in [1.54, 1.807) is 11.1 Å². The lowest BCUT2D eigenvalue weighted by atomic mass is 10.0.